The fraction of sp³-hybridized carbons (Fsp3) is 0.333. The number of hydrogen-bond donors (Lipinski definition) is 0. The van der Waals surface area contributed by atoms with Crippen molar-refractivity contribution in [2.45, 2.75) is 51.9 Å². The second-order valence-electron chi connectivity index (χ2n) is 8.60. The first-order chi connectivity index (χ1) is 13.3. The zero-order valence-corrected chi connectivity index (χ0v) is 16.3. The molecule has 0 aliphatic heterocycles. The standard InChI is InChI=1S/C27H28/c1-19-14-23-17-21(16-20-8-3-2-4-9-20)18-26(23)27(15-19)25-13-7-11-22-10-5-6-12-24(22)25/h5-7,10-15,18,20H,2-4,8-9,16-17H2,1H3. The number of aryl methyl sites for hydroxylation is 1. The van der Waals surface area contributed by atoms with Crippen LogP contribution in [0.3, 0.4) is 0 Å². The molecular formula is C27H28. The van der Waals surface area contributed by atoms with E-state index in [1.54, 1.807) is 5.57 Å². The third-order valence-electron chi connectivity index (χ3n) is 6.53. The van der Waals surface area contributed by atoms with Crippen molar-refractivity contribution < 1.29 is 0 Å². The van der Waals surface area contributed by atoms with Gasteiger partial charge in [-0.15, -0.1) is 0 Å². The summed E-state index contributed by atoms with van der Waals surface area (Å²) in [5.74, 6) is 0.918. The molecule has 0 atom stereocenters. The van der Waals surface area contributed by atoms with Crippen molar-refractivity contribution in [2.75, 3.05) is 0 Å². The van der Waals surface area contributed by atoms with Gasteiger partial charge in [0.15, 0.2) is 0 Å². The van der Waals surface area contributed by atoms with E-state index in [9.17, 15) is 0 Å². The highest BCUT2D eigenvalue weighted by Gasteiger charge is 2.22. The van der Waals surface area contributed by atoms with E-state index < -0.39 is 0 Å². The topological polar surface area (TPSA) is 0 Å². The van der Waals surface area contributed by atoms with Gasteiger partial charge in [0.05, 0.1) is 0 Å². The summed E-state index contributed by atoms with van der Waals surface area (Å²) >= 11 is 0. The number of rotatable bonds is 3. The predicted molar refractivity (Wildman–Crippen MR) is 117 cm³/mol. The van der Waals surface area contributed by atoms with E-state index >= 15 is 0 Å². The van der Waals surface area contributed by atoms with E-state index in [-0.39, 0.29) is 0 Å². The van der Waals surface area contributed by atoms with Gasteiger partial charge in [0.1, 0.15) is 0 Å². The van der Waals surface area contributed by atoms with Gasteiger partial charge < -0.3 is 0 Å². The maximum absolute atomic E-state index is 2.53. The summed E-state index contributed by atoms with van der Waals surface area (Å²) in [4.78, 5) is 0. The molecule has 3 aromatic rings. The number of hydrogen-bond acceptors (Lipinski definition) is 0. The van der Waals surface area contributed by atoms with Crippen molar-refractivity contribution >= 4 is 16.8 Å². The lowest BCUT2D eigenvalue weighted by Gasteiger charge is -2.21. The molecule has 1 fully saturated rings. The van der Waals surface area contributed by atoms with Crippen molar-refractivity contribution in [1.29, 1.82) is 0 Å². The first kappa shape index (κ1) is 16.8. The number of fused-ring (bicyclic) bond motifs is 2. The Labute approximate surface area is 162 Å². The van der Waals surface area contributed by atoms with Crippen molar-refractivity contribution in [1.82, 2.24) is 0 Å². The zero-order chi connectivity index (χ0) is 18.2. The highest BCUT2D eigenvalue weighted by Crippen LogP contribution is 2.40. The Kier molecular flexibility index (Phi) is 4.36. The first-order valence-electron chi connectivity index (χ1n) is 10.6. The molecule has 0 bridgehead atoms. The Hall–Kier alpha value is -2.34. The molecule has 0 spiro atoms. The van der Waals surface area contributed by atoms with Crippen LogP contribution in [0.1, 0.15) is 55.2 Å². The van der Waals surface area contributed by atoms with Gasteiger partial charge in [0, 0.05) is 0 Å². The Morgan fingerprint density at radius 2 is 1.67 bits per heavy atom. The van der Waals surface area contributed by atoms with Crippen LogP contribution in [-0.2, 0) is 6.42 Å². The van der Waals surface area contributed by atoms with E-state index in [1.165, 1.54) is 77.1 Å². The highest BCUT2D eigenvalue weighted by molar-refractivity contribution is 5.99. The van der Waals surface area contributed by atoms with E-state index in [0.29, 0.717) is 0 Å². The maximum Gasteiger partial charge on any atom is -0.00574 e. The Morgan fingerprint density at radius 3 is 2.56 bits per heavy atom. The van der Waals surface area contributed by atoms with Gasteiger partial charge >= 0.3 is 0 Å². The largest absolute Gasteiger partial charge is 0.0649 e. The van der Waals surface area contributed by atoms with Crippen LogP contribution in [0, 0.1) is 12.8 Å². The summed E-state index contributed by atoms with van der Waals surface area (Å²) in [6.45, 7) is 2.24. The third-order valence-corrected chi connectivity index (χ3v) is 6.53. The van der Waals surface area contributed by atoms with Gasteiger partial charge in [-0.1, -0.05) is 104 Å². The average molecular weight is 353 g/mol. The lowest BCUT2D eigenvalue weighted by Crippen LogP contribution is -2.07. The van der Waals surface area contributed by atoms with E-state index in [4.69, 9.17) is 0 Å². The predicted octanol–water partition coefficient (Wildman–Crippen LogP) is 7.73. The molecule has 136 valence electrons. The second-order valence-corrected chi connectivity index (χ2v) is 8.60. The molecule has 0 saturated heterocycles. The van der Waals surface area contributed by atoms with Crippen molar-refractivity contribution in [3.8, 4) is 11.1 Å². The summed E-state index contributed by atoms with van der Waals surface area (Å²) in [6, 6.07) is 20.3. The van der Waals surface area contributed by atoms with Crippen LogP contribution in [0.5, 0.6) is 0 Å². The van der Waals surface area contributed by atoms with Crippen LogP contribution in [0.4, 0.5) is 0 Å². The summed E-state index contributed by atoms with van der Waals surface area (Å²) in [5, 5.41) is 2.69. The van der Waals surface area contributed by atoms with E-state index in [1.807, 2.05) is 0 Å². The van der Waals surface area contributed by atoms with E-state index in [0.717, 1.165) is 12.3 Å². The minimum absolute atomic E-state index is 0.918. The second kappa shape index (κ2) is 7.00. The first-order valence-corrected chi connectivity index (χ1v) is 10.6. The molecule has 0 N–H and O–H groups in total. The summed E-state index contributed by atoms with van der Waals surface area (Å²) < 4.78 is 0. The van der Waals surface area contributed by atoms with Crippen molar-refractivity contribution in [3.05, 3.63) is 76.9 Å². The monoisotopic (exact) mass is 352 g/mol. The van der Waals surface area contributed by atoms with Crippen molar-refractivity contribution in [2.24, 2.45) is 5.92 Å². The maximum atomic E-state index is 2.53. The van der Waals surface area contributed by atoms with Gasteiger partial charge in [-0.05, 0) is 58.7 Å². The molecule has 0 aromatic heterocycles. The number of allylic oxidation sites excluding steroid dienone is 1. The Morgan fingerprint density at radius 1 is 0.852 bits per heavy atom. The molecule has 2 aliphatic rings. The van der Waals surface area contributed by atoms with Crippen LogP contribution in [-0.4, -0.2) is 0 Å². The van der Waals surface area contributed by atoms with Gasteiger partial charge in [-0.2, -0.15) is 0 Å². The smallest absolute Gasteiger partial charge is 0.00574 e. The fourth-order valence-corrected chi connectivity index (χ4v) is 5.27. The molecule has 0 nitrogen and oxygen atoms in total. The van der Waals surface area contributed by atoms with Crippen LogP contribution in [0.2, 0.25) is 0 Å². The van der Waals surface area contributed by atoms with Crippen LogP contribution < -0.4 is 0 Å². The van der Waals surface area contributed by atoms with Gasteiger partial charge in [-0.3, -0.25) is 0 Å². The van der Waals surface area contributed by atoms with Crippen molar-refractivity contribution in [3.63, 3.8) is 0 Å². The Balaban J connectivity index is 1.57. The molecular weight excluding hydrogens is 324 g/mol. The molecule has 27 heavy (non-hydrogen) atoms. The highest BCUT2D eigenvalue weighted by atomic mass is 14.3. The minimum atomic E-state index is 0.918. The molecule has 3 aromatic carbocycles. The van der Waals surface area contributed by atoms with Crippen LogP contribution in [0.25, 0.3) is 28.0 Å². The summed E-state index contributed by atoms with van der Waals surface area (Å²) in [7, 11) is 0. The average Bonchev–Trinajstić information content (AvgIpc) is 3.09. The fourth-order valence-electron chi connectivity index (χ4n) is 5.27. The quantitative estimate of drug-likeness (QED) is 0.452. The molecule has 0 radical (unpaired) electrons. The lowest BCUT2D eigenvalue weighted by molar-refractivity contribution is 0.355. The van der Waals surface area contributed by atoms with Crippen LogP contribution in [0.15, 0.2) is 60.2 Å². The summed E-state index contributed by atoms with van der Waals surface area (Å²) in [6.07, 6.45) is 12.2. The molecule has 0 heterocycles. The lowest BCUT2D eigenvalue weighted by atomic mass is 9.84. The molecule has 0 heteroatoms. The Bertz CT molecular complexity index is 1010. The van der Waals surface area contributed by atoms with Gasteiger partial charge in [0.2, 0.25) is 0 Å². The minimum Gasteiger partial charge on any atom is -0.0649 e. The SMILES string of the molecule is Cc1cc2c(c(-c3cccc4ccccc34)c1)C=C(CC1CCCCC1)C2. The third kappa shape index (κ3) is 3.23. The molecule has 2 aliphatic carbocycles. The van der Waals surface area contributed by atoms with E-state index in [2.05, 4.69) is 67.6 Å². The molecule has 0 amide bonds. The summed E-state index contributed by atoms with van der Waals surface area (Å²) in [5.41, 5.74) is 8.84. The number of benzene rings is 3. The van der Waals surface area contributed by atoms with Gasteiger partial charge in [0.25, 0.3) is 0 Å². The van der Waals surface area contributed by atoms with Crippen LogP contribution >= 0.6 is 0 Å². The van der Waals surface area contributed by atoms with Gasteiger partial charge in [-0.25, -0.2) is 0 Å². The normalized spacial score (nSPS) is 17.1. The molecule has 5 rings (SSSR count). The molecule has 0 unspecified atom stereocenters. The zero-order valence-electron chi connectivity index (χ0n) is 16.3. The molecule has 1 saturated carbocycles.